The number of carboxylic acids is 1. The van der Waals surface area contributed by atoms with Gasteiger partial charge in [-0.15, -0.1) is 10.2 Å². The summed E-state index contributed by atoms with van der Waals surface area (Å²) >= 11 is 1.07. The zero-order valence-electron chi connectivity index (χ0n) is 16.4. The number of nitrogens with one attached hydrogen (secondary N) is 2. The van der Waals surface area contributed by atoms with Gasteiger partial charge in [-0.05, 0) is 17.2 Å². The molecule has 2 heterocycles. The molecule has 9 heteroatoms. The van der Waals surface area contributed by atoms with Crippen LogP contribution >= 0.6 is 11.8 Å². The van der Waals surface area contributed by atoms with Crippen LogP contribution in [0, 0.1) is 0 Å². The van der Waals surface area contributed by atoms with Gasteiger partial charge >= 0.3 is 5.97 Å². The third-order valence-electron chi connectivity index (χ3n) is 4.71. The number of fused-ring (bicyclic) bond motifs is 1. The Balaban J connectivity index is 1.32. The van der Waals surface area contributed by atoms with E-state index in [1.807, 2.05) is 54.6 Å². The normalized spacial score (nSPS) is 12.0. The topological polar surface area (TPSA) is 121 Å². The average molecular weight is 436 g/mol. The number of hydrogen-bond donors (Lipinski definition) is 3. The van der Waals surface area contributed by atoms with Gasteiger partial charge in [0.05, 0.1) is 12.2 Å². The second kappa shape index (κ2) is 9.48. The van der Waals surface area contributed by atoms with Crippen molar-refractivity contribution in [3.8, 4) is 0 Å². The van der Waals surface area contributed by atoms with Crippen LogP contribution in [0.25, 0.3) is 10.9 Å². The number of carbonyl (C=O) groups is 2. The standard InChI is InChI=1S/C22H20N4O4S/c27-19(13-31-22-26-25-20(30-22)10-14-6-2-1-3-7-14)24-18(21(28)29)11-15-12-23-17-9-5-4-8-16(15)17/h1-9,12,18,23H,10-11,13H2,(H,24,27)(H,28,29). The fourth-order valence-electron chi connectivity index (χ4n) is 3.22. The van der Waals surface area contributed by atoms with Crippen molar-refractivity contribution < 1.29 is 19.1 Å². The quantitative estimate of drug-likeness (QED) is 0.345. The van der Waals surface area contributed by atoms with Crippen molar-refractivity contribution in [2.24, 2.45) is 0 Å². The molecule has 0 spiro atoms. The summed E-state index contributed by atoms with van der Waals surface area (Å²) in [6.45, 7) is 0. The number of para-hydroxylation sites is 1. The molecule has 0 aliphatic carbocycles. The van der Waals surface area contributed by atoms with E-state index in [-0.39, 0.29) is 17.4 Å². The van der Waals surface area contributed by atoms with E-state index in [0.29, 0.717) is 12.3 Å². The maximum Gasteiger partial charge on any atom is 0.326 e. The highest BCUT2D eigenvalue weighted by Crippen LogP contribution is 2.20. The zero-order valence-corrected chi connectivity index (χ0v) is 17.3. The summed E-state index contributed by atoms with van der Waals surface area (Å²) in [5.74, 6) is -1.08. The first-order valence-electron chi connectivity index (χ1n) is 9.65. The maximum atomic E-state index is 12.3. The van der Waals surface area contributed by atoms with Gasteiger partial charge in [0.2, 0.25) is 11.8 Å². The van der Waals surface area contributed by atoms with Gasteiger partial charge < -0.3 is 19.8 Å². The molecule has 0 saturated heterocycles. The molecule has 0 aliphatic rings. The van der Waals surface area contributed by atoms with E-state index in [1.165, 1.54) is 0 Å². The van der Waals surface area contributed by atoms with Crippen LogP contribution in [0.2, 0.25) is 0 Å². The summed E-state index contributed by atoms with van der Waals surface area (Å²) in [5.41, 5.74) is 2.80. The molecule has 4 aromatic rings. The molecule has 0 aliphatic heterocycles. The molecule has 1 amide bonds. The Bertz CT molecular complexity index is 1190. The van der Waals surface area contributed by atoms with Crippen molar-refractivity contribution in [2.75, 3.05) is 5.75 Å². The highest BCUT2D eigenvalue weighted by molar-refractivity contribution is 7.99. The predicted molar refractivity (Wildman–Crippen MR) is 116 cm³/mol. The van der Waals surface area contributed by atoms with Crippen molar-refractivity contribution in [2.45, 2.75) is 24.1 Å². The van der Waals surface area contributed by atoms with Gasteiger partial charge in [0.1, 0.15) is 6.04 Å². The smallest absolute Gasteiger partial charge is 0.326 e. The highest BCUT2D eigenvalue weighted by Gasteiger charge is 2.22. The van der Waals surface area contributed by atoms with E-state index in [0.717, 1.165) is 33.8 Å². The fourth-order valence-corrected chi connectivity index (χ4v) is 3.81. The van der Waals surface area contributed by atoms with Gasteiger partial charge in [-0.1, -0.05) is 60.3 Å². The minimum atomic E-state index is -1.09. The molecule has 1 unspecified atom stereocenters. The Kier molecular flexibility index (Phi) is 6.32. The summed E-state index contributed by atoms with van der Waals surface area (Å²) in [4.78, 5) is 27.1. The summed E-state index contributed by atoms with van der Waals surface area (Å²) in [5, 5.41) is 21.3. The first-order chi connectivity index (χ1) is 15.1. The van der Waals surface area contributed by atoms with Crippen LogP contribution in [-0.2, 0) is 22.4 Å². The molecule has 2 aromatic carbocycles. The monoisotopic (exact) mass is 436 g/mol. The van der Waals surface area contributed by atoms with Crippen molar-refractivity contribution >= 4 is 34.5 Å². The SMILES string of the molecule is O=C(CSc1nnc(Cc2ccccc2)o1)NC(Cc1c[nH]c2ccccc12)C(=O)O. The van der Waals surface area contributed by atoms with Gasteiger partial charge in [0, 0.05) is 23.5 Å². The minimum absolute atomic E-state index is 0.0232. The molecule has 8 nitrogen and oxygen atoms in total. The zero-order chi connectivity index (χ0) is 21.6. The predicted octanol–water partition coefficient (Wildman–Crippen LogP) is 3.05. The Morgan fingerprint density at radius 2 is 1.87 bits per heavy atom. The van der Waals surface area contributed by atoms with Crippen molar-refractivity contribution in [1.82, 2.24) is 20.5 Å². The number of hydrogen-bond acceptors (Lipinski definition) is 6. The van der Waals surface area contributed by atoms with Gasteiger partial charge in [-0.25, -0.2) is 4.79 Å². The van der Waals surface area contributed by atoms with Gasteiger partial charge in [0.15, 0.2) is 0 Å². The van der Waals surface area contributed by atoms with Crippen LogP contribution < -0.4 is 5.32 Å². The van der Waals surface area contributed by atoms with Crippen LogP contribution in [0.5, 0.6) is 0 Å². The molecule has 0 radical (unpaired) electrons. The van der Waals surface area contributed by atoms with Crippen molar-refractivity contribution in [1.29, 1.82) is 0 Å². The number of H-pyrrole nitrogens is 1. The third kappa shape index (κ3) is 5.32. The van der Waals surface area contributed by atoms with Gasteiger partial charge in [-0.3, -0.25) is 4.79 Å². The van der Waals surface area contributed by atoms with Crippen molar-refractivity contribution in [3.63, 3.8) is 0 Å². The second-order valence-electron chi connectivity index (χ2n) is 6.93. The average Bonchev–Trinajstić information content (AvgIpc) is 3.39. The molecule has 31 heavy (non-hydrogen) atoms. The summed E-state index contributed by atoms with van der Waals surface area (Å²) in [6, 6.07) is 16.3. The van der Waals surface area contributed by atoms with Crippen LogP contribution in [-0.4, -0.2) is 44.0 Å². The summed E-state index contributed by atoms with van der Waals surface area (Å²) < 4.78 is 5.56. The maximum absolute atomic E-state index is 12.3. The lowest BCUT2D eigenvalue weighted by molar-refractivity contribution is -0.141. The molecular formula is C22H20N4O4S. The van der Waals surface area contributed by atoms with Crippen LogP contribution in [0.4, 0.5) is 0 Å². The molecule has 0 saturated carbocycles. The minimum Gasteiger partial charge on any atom is -0.480 e. The highest BCUT2D eigenvalue weighted by atomic mass is 32.2. The number of thioether (sulfide) groups is 1. The number of carbonyl (C=O) groups excluding carboxylic acids is 1. The molecule has 4 rings (SSSR count). The number of rotatable bonds is 9. The summed E-state index contributed by atoms with van der Waals surface area (Å²) in [7, 11) is 0. The lowest BCUT2D eigenvalue weighted by Crippen LogP contribution is -2.43. The van der Waals surface area contributed by atoms with E-state index in [9.17, 15) is 14.7 Å². The van der Waals surface area contributed by atoms with E-state index in [2.05, 4.69) is 20.5 Å². The van der Waals surface area contributed by atoms with Crippen LogP contribution in [0.3, 0.4) is 0 Å². The Morgan fingerprint density at radius 1 is 1.10 bits per heavy atom. The molecule has 2 aromatic heterocycles. The molecule has 1 atom stereocenters. The summed E-state index contributed by atoms with van der Waals surface area (Å²) in [6.07, 6.45) is 2.46. The third-order valence-corrected chi connectivity index (χ3v) is 5.52. The molecule has 0 fully saturated rings. The number of aromatic nitrogens is 3. The van der Waals surface area contributed by atoms with Crippen molar-refractivity contribution in [3.05, 3.63) is 77.8 Å². The lowest BCUT2D eigenvalue weighted by atomic mass is 10.1. The second-order valence-corrected chi connectivity index (χ2v) is 7.86. The van der Waals surface area contributed by atoms with Gasteiger partial charge in [0.25, 0.3) is 5.22 Å². The number of aliphatic carboxylic acids is 1. The Labute approximate surface area is 182 Å². The number of carboxylic acid groups (broad SMARTS) is 1. The van der Waals surface area contributed by atoms with E-state index in [4.69, 9.17) is 4.42 Å². The van der Waals surface area contributed by atoms with E-state index >= 15 is 0 Å². The first kappa shape index (κ1) is 20.7. The van der Waals surface area contributed by atoms with E-state index < -0.39 is 17.9 Å². The molecule has 0 bridgehead atoms. The molecular weight excluding hydrogens is 416 g/mol. The Hall–Kier alpha value is -3.59. The number of aromatic amines is 1. The van der Waals surface area contributed by atoms with E-state index in [1.54, 1.807) is 6.20 Å². The Morgan fingerprint density at radius 3 is 2.68 bits per heavy atom. The molecule has 3 N–H and O–H groups in total. The number of amides is 1. The fraction of sp³-hybridized carbons (Fsp3) is 0.182. The number of nitrogens with zero attached hydrogens (tertiary/aromatic N) is 2. The lowest BCUT2D eigenvalue weighted by Gasteiger charge is -2.13. The number of benzene rings is 2. The van der Waals surface area contributed by atoms with Crippen LogP contribution in [0.15, 0.2) is 70.4 Å². The van der Waals surface area contributed by atoms with Crippen LogP contribution in [0.1, 0.15) is 17.0 Å². The first-order valence-corrected chi connectivity index (χ1v) is 10.6. The molecule has 158 valence electrons. The largest absolute Gasteiger partial charge is 0.480 e. The van der Waals surface area contributed by atoms with Gasteiger partial charge in [-0.2, -0.15) is 0 Å².